The molecule has 1 N–H and O–H groups in total. The van der Waals surface area contributed by atoms with Gasteiger partial charge in [-0.05, 0) is 19.5 Å². The van der Waals surface area contributed by atoms with Gasteiger partial charge in [0.05, 0.1) is 5.69 Å². The van der Waals surface area contributed by atoms with Crippen LogP contribution in [0, 0.1) is 0 Å². The fourth-order valence-corrected chi connectivity index (χ4v) is 2.17. The second-order valence-corrected chi connectivity index (χ2v) is 4.87. The van der Waals surface area contributed by atoms with Gasteiger partial charge in [0.1, 0.15) is 0 Å². The van der Waals surface area contributed by atoms with Crippen molar-refractivity contribution < 1.29 is 0 Å². The molecule has 1 atom stereocenters. The van der Waals surface area contributed by atoms with Gasteiger partial charge in [-0.3, -0.25) is 4.68 Å². The molecule has 0 saturated carbocycles. The maximum Gasteiger partial charge on any atom is 0.0639 e. The number of hydrogen-bond acceptors (Lipinski definition) is 2. The number of rotatable bonds is 9. The van der Waals surface area contributed by atoms with E-state index in [2.05, 4.69) is 30.5 Å². The molecule has 0 radical (unpaired) electrons. The zero-order valence-electron chi connectivity index (χ0n) is 11.6. The van der Waals surface area contributed by atoms with Crippen molar-refractivity contribution in [2.24, 2.45) is 7.05 Å². The maximum atomic E-state index is 4.43. The zero-order valence-corrected chi connectivity index (χ0v) is 11.6. The molecule has 1 aromatic heterocycles. The Bertz CT molecular complexity index is 293. The summed E-state index contributed by atoms with van der Waals surface area (Å²) in [7, 11) is 4.03. The van der Waals surface area contributed by atoms with Crippen molar-refractivity contribution >= 4 is 0 Å². The molecule has 1 aromatic rings. The Morgan fingerprint density at radius 3 is 2.65 bits per heavy atom. The van der Waals surface area contributed by atoms with E-state index in [0.717, 1.165) is 6.42 Å². The normalized spacial score (nSPS) is 12.9. The number of aryl methyl sites for hydroxylation is 1. The van der Waals surface area contributed by atoms with Crippen LogP contribution in [0.25, 0.3) is 0 Å². The van der Waals surface area contributed by atoms with Gasteiger partial charge >= 0.3 is 0 Å². The summed E-state index contributed by atoms with van der Waals surface area (Å²) in [5, 5.41) is 7.83. The smallest absolute Gasteiger partial charge is 0.0639 e. The molecule has 1 unspecified atom stereocenters. The molecule has 0 aliphatic carbocycles. The molecule has 0 spiro atoms. The molecule has 0 aromatic carbocycles. The van der Waals surface area contributed by atoms with Gasteiger partial charge in [0.2, 0.25) is 0 Å². The third kappa shape index (κ3) is 5.87. The average Bonchev–Trinajstić information content (AvgIpc) is 2.73. The van der Waals surface area contributed by atoms with Crippen molar-refractivity contribution in [1.82, 2.24) is 15.1 Å². The predicted molar refractivity (Wildman–Crippen MR) is 73.1 cm³/mol. The van der Waals surface area contributed by atoms with E-state index in [-0.39, 0.29) is 0 Å². The molecule has 0 bridgehead atoms. The van der Waals surface area contributed by atoms with Crippen molar-refractivity contribution in [2.75, 3.05) is 7.05 Å². The van der Waals surface area contributed by atoms with Gasteiger partial charge in [-0.1, -0.05) is 39.0 Å². The molecule has 1 rings (SSSR count). The SMILES string of the molecule is CCCCCCCC(Cc1ccn(C)n1)NC. The number of unbranched alkanes of at least 4 members (excludes halogenated alkanes) is 4. The standard InChI is InChI=1S/C14H27N3/c1-4-5-6-7-8-9-13(15-2)12-14-10-11-17(3)16-14/h10-11,13,15H,4-9,12H2,1-3H3. The molecule has 3 nitrogen and oxygen atoms in total. The van der Waals surface area contributed by atoms with Crippen LogP contribution in [-0.4, -0.2) is 22.9 Å². The van der Waals surface area contributed by atoms with Crippen LogP contribution in [0.4, 0.5) is 0 Å². The summed E-state index contributed by atoms with van der Waals surface area (Å²) in [6.45, 7) is 2.26. The molecule has 1 heterocycles. The molecular formula is C14H27N3. The molecule has 0 saturated heterocycles. The van der Waals surface area contributed by atoms with Crippen molar-refractivity contribution in [3.63, 3.8) is 0 Å². The monoisotopic (exact) mass is 237 g/mol. The van der Waals surface area contributed by atoms with E-state index in [9.17, 15) is 0 Å². The minimum absolute atomic E-state index is 0.575. The van der Waals surface area contributed by atoms with Crippen LogP contribution in [-0.2, 0) is 13.5 Å². The predicted octanol–water partition coefficient (Wildman–Crippen LogP) is 2.91. The molecule has 17 heavy (non-hydrogen) atoms. The Kier molecular flexibility index (Phi) is 6.94. The van der Waals surface area contributed by atoms with Crippen LogP contribution in [0.1, 0.15) is 51.1 Å². The van der Waals surface area contributed by atoms with Gasteiger partial charge in [0, 0.05) is 25.7 Å². The quantitative estimate of drug-likeness (QED) is 0.669. The highest BCUT2D eigenvalue weighted by atomic mass is 15.2. The lowest BCUT2D eigenvalue weighted by molar-refractivity contribution is 0.476. The Labute approximate surface area is 106 Å². The van der Waals surface area contributed by atoms with Gasteiger partial charge in [-0.25, -0.2) is 0 Å². The lowest BCUT2D eigenvalue weighted by Crippen LogP contribution is -2.27. The molecule has 0 aliphatic heterocycles. The largest absolute Gasteiger partial charge is 0.317 e. The number of likely N-dealkylation sites (N-methyl/N-ethyl adjacent to an activating group) is 1. The Hall–Kier alpha value is -0.830. The van der Waals surface area contributed by atoms with E-state index in [1.165, 1.54) is 44.2 Å². The van der Waals surface area contributed by atoms with Crippen LogP contribution >= 0.6 is 0 Å². The minimum Gasteiger partial charge on any atom is -0.317 e. The van der Waals surface area contributed by atoms with Crippen LogP contribution in [0.3, 0.4) is 0 Å². The molecule has 3 heteroatoms. The first kappa shape index (κ1) is 14.2. The lowest BCUT2D eigenvalue weighted by Gasteiger charge is -2.14. The first-order valence-corrected chi connectivity index (χ1v) is 6.92. The Morgan fingerprint density at radius 1 is 1.29 bits per heavy atom. The average molecular weight is 237 g/mol. The summed E-state index contributed by atoms with van der Waals surface area (Å²) >= 11 is 0. The highest BCUT2D eigenvalue weighted by molar-refractivity contribution is 5.01. The van der Waals surface area contributed by atoms with E-state index >= 15 is 0 Å². The van der Waals surface area contributed by atoms with Gasteiger partial charge in [0.15, 0.2) is 0 Å². The van der Waals surface area contributed by atoms with Gasteiger partial charge < -0.3 is 5.32 Å². The molecule has 0 fully saturated rings. The van der Waals surface area contributed by atoms with E-state index in [1.54, 1.807) is 0 Å². The second kappa shape index (κ2) is 8.29. The molecule has 98 valence electrons. The highest BCUT2D eigenvalue weighted by Crippen LogP contribution is 2.10. The fraction of sp³-hybridized carbons (Fsp3) is 0.786. The summed E-state index contributed by atoms with van der Waals surface area (Å²) in [5.74, 6) is 0. The third-order valence-corrected chi connectivity index (χ3v) is 3.29. The third-order valence-electron chi connectivity index (χ3n) is 3.29. The highest BCUT2D eigenvalue weighted by Gasteiger charge is 2.08. The maximum absolute atomic E-state index is 4.43. The summed E-state index contributed by atoms with van der Waals surface area (Å²) in [6, 6.07) is 2.69. The van der Waals surface area contributed by atoms with Crippen LogP contribution in [0.2, 0.25) is 0 Å². The summed E-state index contributed by atoms with van der Waals surface area (Å²) in [6.07, 6.45) is 11.1. The Morgan fingerprint density at radius 2 is 2.06 bits per heavy atom. The van der Waals surface area contributed by atoms with Crippen molar-refractivity contribution in [2.45, 2.75) is 57.9 Å². The van der Waals surface area contributed by atoms with Crippen molar-refractivity contribution in [1.29, 1.82) is 0 Å². The number of nitrogens with zero attached hydrogens (tertiary/aromatic N) is 2. The molecule has 0 aliphatic rings. The van der Waals surface area contributed by atoms with Crippen LogP contribution < -0.4 is 5.32 Å². The summed E-state index contributed by atoms with van der Waals surface area (Å²) < 4.78 is 1.88. The fourth-order valence-electron chi connectivity index (χ4n) is 2.17. The van der Waals surface area contributed by atoms with Gasteiger partial charge in [0.25, 0.3) is 0 Å². The van der Waals surface area contributed by atoms with Crippen molar-refractivity contribution in [3.05, 3.63) is 18.0 Å². The summed E-state index contributed by atoms with van der Waals surface area (Å²) in [5.41, 5.74) is 1.19. The lowest BCUT2D eigenvalue weighted by atomic mass is 10.0. The van der Waals surface area contributed by atoms with Crippen molar-refractivity contribution in [3.8, 4) is 0 Å². The van der Waals surface area contributed by atoms with E-state index < -0.39 is 0 Å². The van der Waals surface area contributed by atoms with Gasteiger partial charge in [-0.15, -0.1) is 0 Å². The van der Waals surface area contributed by atoms with E-state index in [1.807, 2.05) is 17.9 Å². The zero-order chi connectivity index (χ0) is 12.5. The van der Waals surface area contributed by atoms with Crippen LogP contribution in [0.15, 0.2) is 12.3 Å². The first-order valence-electron chi connectivity index (χ1n) is 6.92. The van der Waals surface area contributed by atoms with Gasteiger partial charge in [-0.2, -0.15) is 5.10 Å². The van der Waals surface area contributed by atoms with E-state index in [4.69, 9.17) is 0 Å². The second-order valence-electron chi connectivity index (χ2n) is 4.87. The minimum atomic E-state index is 0.575. The number of nitrogens with one attached hydrogen (secondary N) is 1. The number of hydrogen-bond donors (Lipinski definition) is 1. The van der Waals surface area contributed by atoms with Crippen LogP contribution in [0.5, 0.6) is 0 Å². The number of aromatic nitrogens is 2. The Balaban J connectivity index is 2.19. The summed E-state index contributed by atoms with van der Waals surface area (Å²) in [4.78, 5) is 0. The first-order chi connectivity index (χ1) is 8.26. The van der Waals surface area contributed by atoms with E-state index in [0.29, 0.717) is 6.04 Å². The topological polar surface area (TPSA) is 29.9 Å². The molecule has 0 amide bonds. The molecular weight excluding hydrogens is 210 g/mol.